The molecule has 1 aliphatic heterocycles. The van der Waals surface area contributed by atoms with Gasteiger partial charge in [-0.15, -0.1) is 0 Å². The van der Waals surface area contributed by atoms with Crippen LogP contribution in [0.4, 0.5) is 0 Å². The quantitative estimate of drug-likeness (QED) is 0.919. The summed E-state index contributed by atoms with van der Waals surface area (Å²) >= 11 is 11.8. The summed E-state index contributed by atoms with van der Waals surface area (Å²) in [6.45, 7) is 2.00. The fraction of sp³-hybridized carbons (Fsp3) is 0.538. The van der Waals surface area contributed by atoms with Crippen LogP contribution in [0.2, 0.25) is 10.0 Å². The highest BCUT2D eigenvalue weighted by atomic mass is 35.5. The molecule has 0 unspecified atom stereocenters. The second-order valence-electron chi connectivity index (χ2n) is 4.98. The third kappa shape index (κ3) is 3.46. The summed E-state index contributed by atoms with van der Waals surface area (Å²) in [4.78, 5) is 0.135. The first-order chi connectivity index (χ1) is 9.45. The number of sulfonamides is 1. The monoisotopic (exact) mass is 336 g/mol. The Hall–Kier alpha value is -0.330. The van der Waals surface area contributed by atoms with E-state index < -0.39 is 10.0 Å². The summed E-state index contributed by atoms with van der Waals surface area (Å²) in [5.74, 6) is 0.534. The van der Waals surface area contributed by atoms with Crippen LogP contribution >= 0.6 is 23.2 Å². The van der Waals surface area contributed by atoms with Gasteiger partial charge in [-0.1, -0.05) is 23.2 Å². The summed E-state index contributed by atoms with van der Waals surface area (Å²) in [6.07, 6.45) is 1.73. The fourth-order valence-corrected chi connectivity index (χ4v) is 4.68. The molecule has 1 aromatic carbocycles. The Balaban J connectivity index is 2.15. The predicted octanol–water partition coefficient (Wildman–Crippen LogP) is 2.61. The third-order valence-corrected chi connectivity index (χ3v) is 6.19. The maximum atomic E-state index is 12.6. The predicted molar refractivity (Wildman–Crippen MR) is 81.9 cm³/mol. The minimum Gasteiger partial charge on any atom is -0.319 e. The van der Waals surface area contributed by atoms with Gasteiger partial charge in [0, 0.05) is 18.1 Å². The van der Waals surface area contributed by atoms with Crippen LogP contribution in [-0.2, 0) is 10.0 Å². The minimum atomic E-state index is -3.53. The Morgan fingerprint density at radius 1 is 1.30 bits per heavy atom. The maximum absolute atomic E-state index is 12.6. The molecule has 0 spiro atoms. The average Bonchev–Trinajstić information content (AvgIpc) is 2.39. The summed E-state index contributed by atoms with van der Waals surface area (Å²) in [5, 5.41) is 3.74. The molecule has 4 nitrogen and oxygen atoms in total. The van der Waals surface area contributed by atoms with Gasteiger partial charge in [0.05, 0.1) is 5.02 Å². The molecule has 0 aliphatic carbocycles. The third-order valence-electron chi connectivity index (χ3n) is 3.58. The molecular weight excluding hydrogens is 319 g/mol. The standard InChI is InChI=1S/C13H18Cl2N2O2S/c1-16-9-10-4-6-17(7-5-10)20(18,19)13-3-2-11(14)8-12(13)15/h2-3,8,10,16H,4-7,9H2,1H3. The highest BCUT2D eigenvalue weighted by Gasteiger charge is 2.30. The zero-order chi connectivity index (χ0) is 14.8. The highest BCUT2D eigenvalue weighted by Crippen LogP contribution is 2.29. The summed E-state index contributed by atoms with van der Waals surface area (Å²) < 4.78 is 26.6. The van der Waals surface area contributed by atoms with Crippen LogP contribution in [0.1, 0.15) is 12.8 Å². The zero-order valence-electron chi connectivity index (χ0n) is 11.3. The molecule has 1 N–H and O–H groups in total. The average molecular weight is 337 g/mol. The van der Waals surface area contributed by atoms with E-state index in [1.165, 1.54) is 16.4 Å². The Morgan fingerprint density at radius 3 is 2.50 bits per heavy atom. The van der Waals surface area contributed by atoms with E-state index in [1.54, 1.807) is 6.07 Å². The number of benzene rings is 1. The van der Waals surface area contributed by atoms with Gasteiger partial charge < -0.3 is 5.32 Å². The molecule has 112 valence electrons. The summed E-state index contributed by atoms with van der Waals surface area (Å²) in [6, 6.07) is 4.48. The van der Waals surface area contributed by atoms with Crippen LogP contribution in [0.25, 0.3) is 0 Å². The molecule has 0 bridgehead atoms. The summed E-state index contributed by atoms with van der Waals surface area (Å²) in [7, 11) is -1.61. The maximum Gasteiger partial charge on any atom is 0.244 e. The van der Waals surface area contributed by atoms with Crippen molar-refractivity contribution < 1.29 is 8.42 Å². The molecule has 7 heteroatoms. The smallest absolute Gasteiger partial charge is 0.244 e. The molecular formula is C13H18Cl2N2O2S. The van der Waals surface area contributed by atoms with Crippen LogP contribution in [0.3, 0.4) is 0 Å². The number of nitrogens with zero attached hydrogens (tertiary/aromatic N) is 1. The van der Waals surface area contributed by atoms with E-state index in [0.29, 0.717) is 24.0 Å². The summed E-state index contributed by atoms with van der Waals surface area (Å²) in [5.41, 5.74) is 0. The molecule has 1 heterocycles. The number of hydrogen-bond donors (Lipinski definition) is 1. The molecule has 20 heavy (non-hydrogen) atoms. The van der Waals surface area contributed by atoms with E-state index in [9.17, 15) is 8.42 Å². The van der Waals surface area contributed by atoms with Crippen molar-refractivity contribution in [2.75, 3.05) is 26.7 Å². The van der Waals surface area contributed by atoms with Crippen molar-refractivity contribution in [3.63, 3.8) is 0 Å². The van der Waals surface area contributed by atoms with Crippen molar-refractivity contribution in [2.24, 2.45) is 5.92 Å². The van der Waals surface area contributed by atoms with Crippen LogP contribution in [0, 0.1) is 5.92 Å². The van der Waals surface area contributed by atoms with Gasteiger partial charge in [-0.05, 0) is 50.6 Å². The second kappa shape index (κ2) is 6.62. The van der Waals surface area contributed by atoms with Gasteiger partial charge in [-0.25, -0.2) is 8.42 Å². The topological polar surface area (TPSA) is 49.4 Å². The van der Waals surface area contributed by atoms with Crippen molar-refractivity contribution >= 4 is 33.2 Å². The first kappa shape index (κ1) is 16.0. The van der Waals surface area contributed by atoms with Gasteiger partial charge in [-0.2, -0.15) is 4.31 Å². The highest BCUT2D eigenvalue weighted by molar-refractivity contribution is 7.89. The van der Waals surface area contributed by atoms with E-state index in [1.807, 2.05) is 7.05 Å². The molecule has 0 atom stereocenters. The largest absolute Gasteiger partial charge is 0.319 e. The molecule has 1 aliphatic rings. The van der Waals surface area contributed by atoms with E-state index in [2.05, 4.69) is 5.32 Å². The molecule has 0 radical (unpaired) electrons. The number of halogens is 2. The number of nitrogens with one attached hydrogen (secondary N) is 1. The normalized spacial score (nSPS) is 18.4. The number of rotatable bonds is 4. The van der Waals surface area contributed by atoms with Gasteiger partial charge in [-0.3, -0.25) is 0 Å². The van der Waals surface area contributed by atoms with Crippen LogP contribution < -0.4 is 5.32 Å². The second-order valence-corrected chi connectivity index (χ2v) is 7.73. The number of hydrogen-bond acceptors (Lipinski definition) is 3. The van der Waals surface area contributed by atoms with Gasteiger partial charge in [0.15, 0.2) is 0 Å². The molecule has 0 aromatic heterocycles. The van der Waals surface area contributed by atoms with Crippen molar-refractivity contribution in [3.05, 3.63) is 28.2 Å². The Morgan fingerprint density at radius 2 is 1.95 bits per heavy atom. The molecule has 0 amide bonds. The SMILES string of the molecule is CNCC1CCN(S(=O)(=O)c2ccc(Cl)cc2Cl)CC1. The van der Waals surface area contributed by atoms with Crippen molar-refractivity contribution in [1.82, 2.24) is 9.62 Å². The minimum absolute atomic E-state index is 0.135. The molecule has 1 aromatic rings. The van der Waals surface area contributed by atoms with E-state index in [4.69, 9.17) is 23.2 Å². The lowest BCUT2D eigenvalue weighted by Crippen LogP contribution is -2.40. The number of piperidine rings is 1. The van der Waals surface area contributed by atoms with Crippen LogP contribution in [-0.4, -0.2) is 39.4 Å². The van der Waals surface area contributed by atoms with Gasteiger partial charge in [0.2, 0.25) is 10.0 Å². The Labute approximate surface area is 130 Å². The van der Waals surface area contributed by atoms with E-state index in [-0.39, 0.29) is 9.92 Å². The first-order valence-electron chi connectivity index (χ1n) is 6.55. The van der Waals surface area contributed by atoms with Crippen molar-refractivity contribution in [1.29, 1.82) is 0 Å². The fourth-order valence-electron chi connectivity index (χ4n) is 2.47. The van der Waals surface area contributed by atoms with E-state index in [0.717, 1.165) is 19.4 Å². The van der Waals surface area contributed by atoms with Gasteiger partial charge in [0.1, 0.15) is 4.90 Å². The molecule has 1 saturated heterocycles. The zero-order valence-corrected chi connectivity index (χ0v) is 13.6. The van der Waals surface area contributed by atoms with Crippen LogP contribution in [0.15, 0.2) is 23.1 Å². The Kier molecular flexibility index (Phi) is 5.31. The first-order valence-corrected chi connectivity index (χ1v) is 8.74. The van der Waals surface area contributed by atoms with Crippen molar-refractivity contribution in [3.8, 4) is 0 Å². The van der Waals surface area contributed by atoms with E-state index >= 15 is 0 Å². The lowest BCUT2D eigenvalue weighted by atomic mass is 9.98. The van der Waals surface area contributed by atoms with Gasteiger partial charge in [0.25, 0.3) is 0 Å². The lowest BCUT2D eigenvalue weighted by molar-refractivity contribution is 0.270. The van der Waals surface area contributed by atoms with Crippen LogP contribution in [0.5, 0.6) is 0 Å². The molecule has 0 saturated carbocycles. The molecule has 1 fully saturated rings. The Bertz CT molecular complexity index is 570. The lowest BCUT2D eigenvalue weighted by Gasteiger charge is -2.31. The van der Waals surface area contributed by atoms with Gasteiger partial charge >= 0.3 is 0 Å². The molecule has 2 rings (SSSR count). The van der Waals surface area contributed by atoms with Crippen molar-refractivity contribution in [2.45, 2.75) is 17.7 Å².